The van der Waals surface area contributed by atoms with Crippen LogP contribution in [0.2, 0.25) is 0 Å². The molecule has 3 amide bonds. The second-order valence-corrected chi connectivity index (χ2v) is 8.23. The zero-order valence-electron chi connectivity index (χ0n) is 16.3. The molecule has 0 saturated carbocycles. The molecule has 0 aromatic heterocycles. The van der Waals surface area contributed by atoms with E-state index in [1.807, 2.05) is 30.3 Å². The number of hydrogen-bond acceptors (Lipinski definition) is 5. The Bertz CT molecular complexity index is 728. The second kappa shape index (κ2) is 7.31. The lowest BCUT2D eigenvalue weighted by Gasteiger charge is -2.29. The third-order valence-electron chi connectivity index (χ3n) is 5.09. The maximum atomic E-state index is 12.6. The Balaban J connectivity index is 1.75. The molecule has 0 aliphatic carbocycles. The first-order valence-electron chi connectivity index (χ1n) is 9.23. The Morgan fingerprint density at radius 1 is 1.19 bits per heavy atom. The molecule has 27 heavy (non-hydrogen) atoms. The SMILES string of the molecule is CN1C(=O)[C@@H]2CN(Cc3ccccc3)C(CNC(=O)OC(C)(C)C)[C@@H]2C1=O. The molecule has 1 N–H and O–H groups in total. The van der Waals surface area contributed by atoms with Crippen LogP contribution in [0.5, 0.6) is 0 Å². The maximum Gasteiger partial charge on any atom is 0.407 e. The second-order valence-electron chi connectivity index (χ2n) is 8.23. The minimum absolute atomic E-state index is 0.136. The topological polar surface area (TPSA) is 79.0 Å². The fourth-order valence-electron chi connectivity index (χ4n) is 3.90. The van der Waals surface area contributed by atoms with E-state index in [1.165, 1.54) is 11.9 Å². The van der Waals surface area contributed by atoms with Crippen molar-refractivity contribution in [2.45, 2.75) is 39.0 Å². The Morgan fingerprint density at radius 2 is 1.85 bits per heavy atom. The number of hydrogen-bond donors (Lipinski definition) is 1. The lowest BCUT2D eigenvalue weighted by atomic mass is 9.93. The number of carbonyl (C=O) groups is 3. The van der Waals surface area contributed by atoms with E-state index in [0.717, 1.165) is 5.56 Å². The fourth-order valence-corrected chi connectivity index (χ4v) is 3.90. The third-order valence-corrected chi connectivity index (χ3v) is 5.09. The van der Waals surface area contributed by atoms with Crippen LogP contribution in [0.1, 0.15) is 26.3 Å². The molecule has 1 aromatic rings. The number of fused-ring (bicyclic) bond motifs is 1. The summed E-state index contributed by atoms with van der Waals surface area (Å²) in [5, 5.41) is 2.77. The molecule has 7 nitrogen and oxygen atoms in total. The number of nitrogens with zero attached hydrogens (tertiary/aromatic N) is 2. The van der Waals surface area contributed by atoms with Gasteiger partial charge in [0, 0.05) is 32.7 Å². The maximum absolute atomic E-state index is 12.6. The van der Waals surface area contributed by atoms with Gasteiger partial charge in [-0.3, -0.25) is 19.4 Å². The van der Waals surface area contributed by atoms with Crippen LogP contribution >= 0.6 is 0 Å². The molecule has 2 saturated heterocycles. The zero-order chi connectivity index (χ0) is 19.8. The van der Waals surface area contributed by atoms with Gasteiger partial charge in [0.25, 0.3) is 0 Å². The van der Waals surface area contributed by atoms with E-state index < -0.39 is 17.6 Å². The highest BCUT2D eigenvalue weighted by Gasteiger charge is 2.56. The minimum Gasteiger partial charge on any atom is -0.444 e. The fraction of sp³-hybridized carbons (Fsp3) is 0.550. The van der Waals surface area contributed by atoms with Gasteiger partial charge in [0.2, 0.25) is 11.8 Å². The number of ether oxygens (including phenoxy) is 1. The summed E-state index contributed by atoms with van der Waals surface area (Å²) >= 11 is 0. The summed E-state index contributed by atoms with van der Waals surface area (Å²) in [6.45, 7) is 6.79. The number of amides is 3. The summed E-state index contributed by atoms with van der Waals surface area (Å²) < 4.78 is 5.30. The van der Waals surface area contributed by atoms with E-state index in [2.05, 4.69) is 10.2 Å². The van der Waals surface area contributed by atoms with Gasteiger partial charge in [-0.2, -0.15) is 0 Å². The number of carbonyl (C=O) groups excluding carboxylic acids is 3. The molecule has 0 radical (unpaired) electrons. The Morgan fingerprint density at radius 3 is 2.48 bits per heavy atom. The lowest BCUT2D eigenvalue weighted by Crippen LogP contribution is -2.46. The van der Waals surface area contributed by atoms with Crippen molar-refractivity contribution < 1.29 is 19.1 Å². The molecule has 146 valence electrons. The van der Waals surface area contributed by atoms with Crippen LogP contribution in [0.3, 0.4) is 0 Å². The summed E-state index contributed by atoms with van der Waals surface area (Å²) in [5.41, 5.74) is 0.513. The summed E-state index contributed by atoms with van der Waals surface area (Å²) in [4.78, 5) is 40.4. The zero-order valence-corrected chi connectivity index (χ0v) is 16.3. The quantitative estimate of drug-likeness (QED) is 0.812. The van der Waals surface area contributed by atoms with Crippen molar-refractivity contribution in [2.24, 2.45) is 11.8 Å². The van der Waals surface area contributed by atoms with Crippen LogP contribution in [0.15, 0.2) is 30.3 Å². The Labute approximate surface area is 159 Å². The first kappa shape index (κ1) is 19.4. The first-order chi connectivity index (χ1) is 12.7. The van der Waals surface area contributed by atoms with Gasteiger partial charge in [-0.25, -0.2) is 4.79 Å². The summed E-state index contributed by atoms with van der Waals surface area (Å²) in [7, 11) is 1.53. The van der Waals surface area contributed by atoms with Gasteiger partial charge in [0.15, 0.2) is 0 Å². The van der Waals surface area contributed by atoms with Gasteiger partial charge in [0.05, 0.1) is 11.8 Å². The van der Waals surface area contributed by atoms with Gasteiger partial charge in [-0.1, -0.05) is 30.3 Å². The monoisotopic (exact) mass is 373 g/mol. The van der Waals surface area contributed by atoms with Gasteiger partial charge in [-0.15, -0.1) is 0 Å². The van der Waals surface area contributed by atoms with Crippen molar-refractivity contribution >= 4 is 17.9 Å². The molecule has 2 aliphatic rings. The predicted octanol–water partition coefficient (Wildman–Crippen LogP) is 1.63. The van der Waals surface area contributed by atoms with Crippen LogP contribution in [0, 0.1) is 11.8 Å². The van der Waals surface area contributed by atoms with Crippen molar-refractivity contribution in [2.75, 3.05) is 20.1 Å². The first-order valence-corrected chi connectivity index (χ1v) is 9.23. The molecular formula is C20H27N3O4. The van der Waals surface area contributed by atoms with Crippen LogP contribution in [0.25, 0.3) is 0 Å². The molecule has 3 atom stereocenters. The molecule has 0 spiro atoms. The average Bonchev–Trinajstić information content (AvgIpc) is 3.04. The highest BCUT2D eigenvalue weighted by Crippen LogP contribution is 2.38. The van der Waals surface area contributed by atoms with Gasteiger partial charge in [0.1, 0.15) is 5.60 Å². The average molecular weight is 373 g/mol. The molecular weight excluding hydrogens is 346 g/mol. The molecule has 0 bridgehead atoms. The van der Waals surface area contributed by atoms with E-state index >= 15 is 0 Å². The number of likely N-dealkylation sites (tertiary alicyclic amines) is 2. The molecule has 2 fully saturated rings. The molecule has 1 unspecified atom stereocenters. The molecule has 1 aromatic carbocycles. The van der Waals surface area contributed by atoms with Crippen LogP contribution in [-0.4, -0.2) is 59.5 Å². The van der Waals surface area contributed by atoms with Crippen LogP contribution in [-0.2, 0) is 20.9 Å². The van der Waals surface area contributed by atoms with Gasteiger partial charge < -0.3 is 10.1 Å². The van der Waals surface area contributed by atoms with E-state index in [9.17, 15) is 14.4 Å². The summed E-state index contributed by atoms with van der Waals surface area (Å²) in [5.74, 6) is -1.09. The largest absolute Gasteiger partial charge is 0.444 e. The highest BCUT2D eigenvalue weighted by atomic mass is 16.6. The molecule has 2 aliphatic heterocycles. The van der Waals surface area contributed by atoms with Crippen molar-refractivity contribution in [3.63, 3.8) is 0 Å². The molecule has 7 heteroatoms. The lowest BCUT2D eigenvalue weighted by molar-refractivity contribution is -0.139. The Kier molecular flexibility index (Phi) is 5.24. The standard InChI is InChI=1S/C20H27N3O4/c1-20(2,3)27-19(26)21-10-15-16-14(17(24)22(4)18(16)25)12-23(15)11-13-8-6-5-7-9-13/h5-9,14-16H,10-12H2,1-4H3,(H,21,26)/t14-,15?,16-/m1/s1. The molecule has 2 heterocycles. The smallest absolute Gasteiger partial charge is 0.407 e. The molecule has 3 rings (SSSR count). The summed E-state index contributed by atoms with van der Waals surface area (Å²) in [6, 6.07) is 9.66. The third kappa shape index (κ3) is 4.13. The van der Waals surface area contributed by atoms with Crippen LogP contribution < -0.4 is 5.32 Å². The van der Waals surface area contributed by atoms with Crippen molar-refractivity contribution in [1.29, 1.82) is 0 Å². The van der Waals surface area contributed by atoms with Gasteiger partial charge in [-0.05, 0) is 26.3 Å². The predicted molar refractivity (Wildman–Crippen MR) is 99.6 cm³/mol. The number of benzene rings is 1. The van der Waals surface area contributed by atoms with E-state index in [4.69, 9.17) is 4.74 Å². The Hall–Kier alpha value is -2.41. The van der Waals surface area contributed by atoms with E-state index in [1.54, 1.807) is 20.8 Å². The van der Waals surface area contributed by atoms with Crippen molar-refractivity contribution in [1.82, 2.24) is 15.1 Å². The number of rotatable bonds is 4. The number of alkyl carbamates (subject to hydrolysis) is 1. The normalized spacial score (nSPS) is 25.6. The minimum atomic E-state index is -0.592. The number of nitrogens with one attached hydrogen (secondary N) is 1. The van der Waals surface area contributed by atoms with Crippen molar-refractivity contribution in [3.05, 3.63) is 35.9 Å². The van der Waals surface area contributed by atoms with Crippen molar-refractivity contribution in [3.8, 4) is 0 Å². The highest BCUT2D eigenvalue weighted by molar-refractivity contribution is 6.05. The van der Waals surface area contributed by atoms with Crippen LogP contribution in [0.4, 0.5) is 4.79 Å². The van der Waals surface area contributed by atoms with E-state index in [0.29, 0.717) is 13.1 Å². The van der Waals surface area contributed by atoms with Gasteiger partial charge >= 0.3 is 6.09 Å². The van der Waals surface area contributed by atoms with E-state index in [-0.39, 0.29) is 30.3 Å². The number of imide groups is 1. The summed E-state index contributed by atoms with van der Waals surface area (Å²) in [6.07, 6.45) is -0.518.